The van der Waals surface area contributed by atoms with E-state index in [1.54, 1.807) is 12.3 Å². The average Bonchev–Trinajstić information content (AvgIpc) is 2.59. The summed E-state index contributed by atoms with van der Waals surface area (Å²) in [6.07, 6.45) is 4.09. The monoisotopic (exact) mass is 254 g/mol. The maximum atomic E-state index is 11.2. The standard InChI is InChI=1S/C10H10N2O4S/c1-17(15,16)6-7-5-11-9-8(10(13)14)3-2-4-12(7)9/h2-5H,6H2,1H3,(H,13,14). The van der Waals surface area contributed by atoms with E-state index < -0.39 is 15.8 Å². The van der Waals surface area contributed by atoms with Crippen LogP contribution in [0, 0.1) is 0 Å². The number of pyridine rings is 1. The fourth-order valence-electron chi connectivity index (χ4n) is 1.60. The van der Waals surface area contributed by atoms with Gasteiger partial charge in [-0.15, -0.1) is 0 Å². The minimum absolute atomic E-state index is 0.0484. The van der Waals surface area contributed by atoms with Crippen LogP contribution in [0.2, 0.25) is 0 Å². The predicted octanol–water partition coefficient (Wildman–Crippen LogP) is 0.577. The van der Waals surface area contributed by atoms with Gasteiger partial charge in [0, 0.05) is 12.5 Å². The SMILES string of the molecule is CS(=O)(=O)Cc1cnc2c(C(=O)O)cccn12. The summed E-state index contributed by atoms with van der Waals surface area (Å²) in [6, 6.07) is 2.97. The Morgan fingerprint density at radius 3 is 2.82 bits per heavy atom. The first-order valence-corrected chi connectivity index (χ1v) is 6.80. The number of aromatic nitrogens is 2. The lowest BCUT2D eigenvalue weighted by Crippen LogP contribution is -2.05. The number of nitrogens with zero attached hydrogens (tertiary/aromatic N) is 2. The number of rotatable bonds is 3. The van der Waals surface area contributed by atoms with Crippen molar-refractivity contribution in [1.82, 2.24) is 9.38 Å². The molecule has 0 spiro atoms. The number of sulfone groups is 1. The van der Waals surface area contributed by atoms with Gasteiger partial charge in [0.05, 0.1) is 17.6 Å². The summed E-state index contributed by atoms with van der Waals surface area (Å²) in [5.41, 5.74) is 0.747. The summed E-state index contributed by atoms with van der Waals surface area (Å²) >= 11 is 0. The molecule has 1 N–H and O–H groups in total. The van der Waals surface area contributed by atoms with E-state index in [2.05, 4.69) is 4.98 Å². The molecule has 90 valence electrons. The Morgan fingerprint density at radius 1 is 1.53 bits per heavy atom. The van der Waals surface area contributed by atoms with E-state index in [0.29, 0.717) is 5.69 Å². The molecule has 7 heteroatoms. The molecule has 0 radical (unpaired) electrons. The highest BCUT2D eigenvalue weighted by Crippen LogP contribution is 2.13. The highest BCUT2D eigenvalue weighted by Gasteiger charge is 2.14. The second-order valence-corrected chi connectivity index (χ2v) is 5.88. The van der Waals surface area contributed by atoms with Crippen molar-refractivity contribution in [2.45, 2.75) is 5.75 Å². The van der Waals surface area contributed by atoms with Gasteiger partial charge in [0.1, 0.15) is 5.56 Å². The lowest BCUT2D eigenvalue weighted by atomic mass is 10.3. The van der Waals surface area contributed by atoms with Crippen molar-refractivity contribution in [3.8, 4) is 0 Å². The summed E-state index contributed by atoms with van der Waals surface area (Å²) in [5.74, 6) is -1.26. The molecular weight excluding hydrogens is 244 g/mol. The highest BCUT2D eigenvalue weighted by molar-refractivity contribution is 7.89. The summed E-state index contributed by atoms with van der Waals surface area (Å²) in [4.78, 5) is 14.9. The van der Waals surface area contributed by atoms with E-state index in [9.17, 15) is 13.2 Å². The number of imidazole rings is 1. The first-order chi connectivity index (χ1) is 7.88. The first kappa shape index (κ1) is 11.6. The molecule has 0 aromatic carbocycles. The molecule has 0 amide bonds. The van der Waals surface area contributed by atoms with E-state index in [1.165, 1.54) is 16.7 Å². The van der Waals surface area contributed by atoms with Crippen LogP contribution in [0.4, 0.5) is 0 Å². The zero-order valence-electron chi connectivity index (χ0n) is 8.99. The van der Waals surface area contributed by atoms with Gasteiger partial charge in [-0.2, -0.15) is 0 Å². The van der Waals surface area contributed by atoms with E-state index >= 15 is 0 Å². The summed E-state index contributed by atoms with van der Waals surface area (Å²) in [7, 11) is -3.18. The number of carboxylic acids is 1. The lowest BCUT2D eigenvalue weighted by Gasteiger charge is -2.01. The molecule has 0 aliphatic rings. The quantitative estimate of drug-likeness (QED) is 0.865. The predicted molar refractivity (Wildman–Crippen MR) is 60.7 cm³/mol. The molecule has 0 aliphatic heterocycles. The number of hydrogen-bond acceptors (Lipinski definition) is 4. The van der Waals surface area contributed by atoms with Gasteiger partial charge >= 0.3 is 5.97 Å². The maximum Gasteiger partial charge on any atom is 0.339 e. The van der Waals surface area contributed by atoms with Gasteiger partial charge in [0.15, 0.2) is 15.5 Å². The second kappa shape index (κ2) is 3.85. The van der Waals surface area contributed by atoms with Crippen LogP contribution in [0.1, 0.15) is 16.1 Å². The molecule has 0 atom stereocenters. The third-order valence-corrected chi connectivity index (χ3v) is 3.07. The number of carbonyl (C=O) groups is 1. The molecule has 6 nitrogen and oxygen atoms in total. The Hall–Kier alpha value is -1.89. The molecule has 0 saturated carbocycles. The Kier molecular flexibility index (Phi) is 2.62. The van der Waals surface area contributed by atoms with Gasteiger partial charge in [-0.1, -0.05) is 0 Å². The molecule has 2 aromatic heterocycles. The fraction of sp³-hybridized carbons (Fsp3) is 0.200. The van der Waals surface area contributed by atoms with Crippen molar-refractivity contribution in [2.24, 2.45) is 0 Å². The van der Waals surface area contributed by atoms with Gasteiger partial charge in [-0.25, -0.2) is 18.2 Å². The van der Waals surface area contributed by atoms with E-state index in [4.69, 9.17) is 5.11 Å². The first-order valence-electron chi connectivity index (χ1n) is 4.74. The highest BCUT2D eigenvalue weighted by atomic mass is 32.2. The van der Waals surface area contributed by atoms with Crippen LogP contribution in [-0.4, -0.2) is 35.1 Å². The van der Waals surface area contributed by atoms with Gasteiger partial charge in [-0.3, -0.25) is 0 Å². The normalized spacial score (nSPS) is 11.8. The third-order valence-electron chi connectivity index (χ3n) is 2.25. The van der Waals surface area contributed by atoms with Crippen LogP contribution >= 0.6 is 0 Å². The van der Waals surface area contributed by atoms with Crippen molar-refractivity contribution in [1.29, 1.82) is 0 Å². The smallest absolute Gasteiger partial charge is 0.339 e. The molecular formula is C10H10N2O4S. The number of hydrogen-bond donors (Lipinski definition) is 1. The fourth-order valence-corrected chi connectivity index (χ4v) is 2.35. The molecule has 0 fully saturated rings. The van der Waals surface area contributed by atoms with Crippen molar-refractivity contribution >= 4 is 21.5 Å². The maximum absolute atomic E-state index is 11.2. The van der Waals surface area contributed by atoms with Crippen molar-refractivity contribution in [3.05, 3.63) is 35.8 Å². The number of fused-ring (bicyclic) bond motifs is 1. The minimum Gasteiger partial charge on any atom is -0.478 e. The molecule has 0 saturated heterocycles. The lowest BCUT2D eigenvalue weighted by molar-refractivity contribution is 0.0698. The number of carboxylic acid groups (broad SMARTS) is 1. The molecule has 2 rings (SSSR count). The van der Waals surface area contributed by atoms with Gasteiger partial charge < -0.3 is 9.51 Å². The van der Waals surface area contributed by atoms with Crippen molar-refractivity contribution in [2.75, 3.05) is 6.26 Å². The summed E-state index contributed by atoms with van der Waals surface area (Å²) < 4.78 is 23.9. The van der Waals surface area contributed by atoms with Crippen LogP contribution in [0.3, 0.4) is 0 Å². The molecule has 0 aliphatic carbocycles. The molecule has 2 heterocycles. The van der Waals surface area contributed by atoms with Crippen LogP contribution in [0.25, 0.3) is 5.65 Å². The molecule has 0 bridgehead atoms. The van der Waals surface area contributed by atoms with Crippen LogP contribution < -0.4 is 0 Å². The van der Waals surface area contributed by atoms with Crippen molar-refractivity contribution in [3.63, 3.8) is 0 Å². The van der Waals surface area contributed by atoms with E-state index in [1.807, 2.05) is 0 Å². The summed E-state index contributed by atoms with van der Waals surface area (Å²) in [5, 5.41) is 8.95. The van der Waals surface area contributed by atoms with E-state index in [0.717, 1.165) is 6.26 Å². The van der Waals surface area contributed by atoms with Gasteiger partial charge in [0.2, 0.25) is 0 Å². The zero-order chi connectivity index (χ0) is 12.6. The zero-order valence-corrected chi connectivity index (χ0v) is 9.81. The van der Waals surface area contributed by atoms with Gasteiger partial charge in [0.25, 0.3) is 0 Å². The Balaban J connectivity index is 2.63. The second-order valence-electron chi connectivity index (χ2n) is 3.74. The van der Waals surface area contributed by atoms with Crippen LogP contribution in [0.5, 0.6) is 0 Å². The summed E-state index contributed by atoms with van der Waals surface area (Å²) in [6.45, 7) is 0. The molecule has 2 aromatic rings. The Morgan fingerprint density at radius 2 is 2.24 bits per heavy atom. The van der Waals surface area contributed by atoms with E-state index in [-0.39, 0.29) is 17.0 Å². The topological polar surface area (TPSA) is 88.7 Å². The molecule has 0 unspecified atom stereocenters. The largest absolute Gasteiger partial charge is 0.478 e. The van der Waals surface area contributed by atoms with Gasteiger partial charge in [-0.05, 0) is 12.1 Å². The molecule has 17 heavy (non-hydrogen) atoms. The average molecular weight is 254 g/mol. The Labute approximate surface area is 97.4 Å². The van der Waals surface area contributed by atoms with Crippen molar-refractivity contribution < 1.29 is 18.3 Å². The van der Waals surface area contributed by atoms with Crippen LogP contribution in [-0.2, 0) is 15.6 Å². The Bertz CT molecular complexity index is 687. The number of aromatic carboxylic acids is 1. The minimum atomic E-state index is -3.18. The van der Waals surface area contributed by atoms with Crippen LogP contribution in [0.15, 0.2) is 24.5 Å². The third kappa shape index (κ3) is 2.28.